The lowest BCUT2D eigenvalue weighted by Crippen LogP contribution is -2.05. The molecule has 0 aliphatic heterocycles. The largest absolute Gasteiger partial charge is 0.372 e. The van der Waals surface area contributed by atoms with Gasteiger partial charge in [0.1, 0.15) is 5.82 Å². The summed E-state index contributed by atoms with van der Waals surface area (Å²) < 4.78 is 0.998. The number of rotatable bonds is 3. The standard InChI is InChI=1S/C14H15BrClN3S/c1-17-14-11(15)12(8-4-2-3-5-8)18-13(19-14)10-6-9(16)7-20-10/h6-8H,2-5H2,1H3,(H,17,18,19). The summed E-state index contributed by atoms with van der Waals surface area (Å²) in [6.07, 6.45) is 5.00. The molecular weight excluding hydrogens is 358 g/mol. The minimum Gasteiger partial charge on any atom is -0.372 e. The molecule has 0 radical (unpaired) electrons. The van der Waals surface area contributed by atoms with Gasteiger partial charge in [-0.15, -0.1) is 11.3 Å². The van der Waals surface area contributed by atoms with Gasteiger partial charge < -0.3 is 5.32 Å². The van der Waals surface area contributed by atoms with Gasteiger partial charge in [0.2, 0.25) is 0 Å². The van der Waals surface area contributed by atoms with E-state index < -0.39 is 0 Å². The third-order valence-electron chi connectivity index (χ3n) is 3.64. The number of nitrogens with one attached hydrogen (secondary N) is 1. The quantitative estimate of drug-likeness (QED) is 0.792. The minimum atomic E-state index is 0.536. The van der Waals surface area contributed by atoms with Gasteiger partial charge in [-0.05, 0) is 34.8 Å². The van der Waals surface area contributed by atoms with E-state index in [1.807, 2.05) is 18.5 Å². The van der Waals surface area contributed by atoms with Crippen LogP contribution in [0.1, 0.15) is 37.3 Å². The Morgan fingerprint density at radius 2 is 2.10 bits per heavy atom. The zero-order valence-corrected chi connectivity index (χ0v) is 14.3. The molecule has 1 N–H and O–H groups in total. The van der Waals surface area contributed by atoms with Crippen molar-refractivity contribution >= 4 is 44.7 Å². The second-order valence-corrected chi connectivity index (χ2v) is 7.10. The molecule has 106 valence electrons. The van der Waals surface area contributed by atoms with E-state index >= 15 is 0 Å². The van der Waals surface area contributed by atoms with Crippen molar-refractivity contribution < 1.29 is 0 Å². The molecular formula is C14H15BrClN3S. The van der Waals surface area contributed by atoms with Crippen molar-refractivity contribution in [1.82, 2.24) is 9.97 Å². The molecule has 2 heterocycles. The van der Waals surface area contributed by atoms with Crippen LogP contribution < -0.4 is 5.32 Å². The third-order valence-corrected chi connectivity index (χ3v) is 5.70. The number of hydrogen-bond donors (Lipinski definition) is 1. The Morgan fingerprint density at radius 3 is 2.70 bits per heavy atom. The first-order valence-electron chi connectivity index (χ1n) is 6.68. The van der Waals surface area contributed by atoms with Crippen LogP contribution in [0.25, 0.3) is 10.7 Å². The predicted molar refractivity (Wildman–Crippen MR) is 88.8 cm³/mol. The van der Waals surface area contributed by atoms with Crippen LogP contribution in [0.5, 0.6) is 0 Å². The smallest absolute Gasteiger partial charge is 0.172 e. The summed E-state index contributed by atoms with van der Waals surface area (Å²) in [6.45, 7) is 0. The second kappa shape index (κ2) is 6.00. The molecule has 0 aromatic carbocycles. The van der Waals surface area contributed by atoms with Gasteiger partial charge in [0.15, 0.2) is 5.82 Å². The summed E-state index contributed by atoms with van der Waals surface area (Å²) in [5.41, 5.74) is 1.13. The summed E-state index contributed by atoms with van der Waals surface area (Å²) in [5, 5.41) is 5.80. The highest BCUT2D eigenvalue weighted by molar-refractivity contribution is 9.10. The zero-order chi connectivity index (χ0) is 14.1. The maximum Gasteiger partial charge on any atom is 0.172 e. The first kappa shape index (κ1) is 14.3. The maximum atomic E-state index is 6.01. The molecule has 6 heteroatoms. The van der Waals surface area contributed by atoms with Gasteiger partial charge in [-0.1, -0.05) is 24.4 Å². The van der Waals surface area contributed by atoms with Crippen molar-refractivity contribution in [3.8, 4) is 10.7 Å². The molecule has 20 heavy (non-hydrogen) atoms. The van der Waals surface area contributed by atoms with E-state index in [1.54, 1.807) is 11.3 Å². The first-order valence-corrected chi connectivity index (χ1v) is 8.73. The van der Waals surface area contributed by atoms with Gasteiger partial charge in [0.25, 0.3) is 0 Å². The highest BCUT2D eigenvalue weighted by atomic mass is 79.9. The van der Waals surface area contributed by atoms with Crippen LogP contribution in [0.2, 0.25) is 5.02 Å². The van der Waals surface area contributed by atoms with Crippen molar-refractivity contribution in [2.45, 2.75) is 31.6 Å². The van der Waals surface area contributed by atoms with Crippen LogP contribution in [0.3, 0.4) is 0 Å². The lowest BCUT2D eigenvalue weighted by Gasteiger charge is -2.14. The molecule has 1 aliphatic rings. The van der Waals surface area contributed by atoms with Crippen LogP contribution in [0.15, 0.2) is 15.9 Å². The zero-order valence-electron chi connectivity index (χ0n) is 11.1. The number of hydrogen-bond acceptors (Lipinski definition) is 4. The van der Waals surface area contributed by atoms with E-state index in [1.165, 1.54) is 25.7 Å². The SMILES string of the molecule is CNc1nc(-c2cc(Cl)cs2)nc(C2CCCC2)c1Br. The maximum absolute atomic E-state index is 6.01. The number of halogens is 2. The van der Waals surface area contributed by atoms with Crippen LogP contribution in [-0.2, 0) is 0 Å². The van der Waals surface area contributed by atoms with Gasteiger partial charge in [0.05, 0.1) is 20.1 Å². The number of anilines is 1. The fraction of sp³-hybridized carbons (Fsp3) is 0.429. The molecule has 2 aromatic heterocycles. The molecule has 1 fully saturated rings. The normalized spacial score (nSPS) is 15.8. The van der Waals surface area contributed by atoms with Gasteiger partial charge in [-0.3, -0.25) is 0 Å². The highest BCUT2D eigenvalue weighted by Crippen LogP contribution is 2.40. The average Bonchev–Trinajstić information content (AvgIpc) is 3.10. The van der Waals surface area contributed by atoms with Gasteiger partial charge in [-0.2, -0.15) is 0 Å². The molecule has 0 saturated heterocycles. The van der Waals surface area contributed by atoms with Gasteiger partial charge in [0, 0.05) is 18.3 Å². The third kappa shape index (κ3) is 2.71. The molecule has 1 saturated carbocycles. The van der Waals surface area contributed by atoms with E-state index in [9.17, 15) is 0 Å². The minimum absolute atomic E-state index is 0.536. The predicted octanol–water partition coefficient (Wildman–Crippen LogP) is 5.32. The Hall–Kier alpha value is -0.650. The molecule has 0 bridgehead atoms. The monoisotopic (exact) mass is 371 g/mol. The van der Waals surface area contributed by atoms with Crippen molar-refractivity contribution in [3.63, 3.8) is 0 Å². The Morgan fingerprint density at radius 1 is 1.35 bits per heavy atom. The number of aromatic nitrogens is 2. The van der Waals surface area contributed by atoms with E-state index in [0.717, 1.165) is 31.7 Å². The van der Waals surface area contributed by atoms with Crippen molar-refractivity contribution in [3.05, 3.63) is 26.6 Å². The molecule has 0 amide bonds. The van der Waals surface area contributed by atoms with Crippen LogP contribution >= 0.6 is 38.9 Å². The first-order chi connectivity index (χ1) is 9.69. The molecule has 0 spiro atoms. The lowest BCUT2D eigenvalue weighted by atomic mass is 10.0. The fourth-order valence-electron chi connectivity index (χ4n) is 2.64. The van der Waals surface area contributed by atoms with E-state index in [2.05, 4.69) is 26.2 Å². The Kier molecular flexibility index (Phi) is 4.29. The van der Waals surface area contributed by atoms with Crippen LogP contribution in [0, 0.1) is 0 Å². The van der Waals surface area contributed by atoms with Crippen LogP contribution in [0.4, 0.5) is 5.82 Å². The van der Waals surface area contributed by atoms with E-state index in [4.69, 9.17) is 16.6 Å². The summed E-state index contributed by atoms with van der Waals surface area (Å²) in [7, 11) is 1.89. The molecule has 0 unspecified atom stereocenters. The summed E-state index contributed by atoms with van der Waals surface area (Å²) >= 11 is 11.2. The number of nitrogens with zero attached hydrogens (tertiary/aromatic N) is 2. The lowest BCUT2D eigenvalue weighted by molar-refractivity contribution is 0.691. The topological polar surface area (TPSA) is 37.8 Å². The van der Waals surface area contributed by atoms with E-state index in [0.29, 0.717) is 5.92 Å². The second-order valence-electron chi connectivity index (χ2n) is 4.96. The highest BCUT2D eigenvalue weighted by Gasteiger charge is 2.24. The molecule has 3 rings (SSSR count). The molecule has 3 nitrogen and oxygen atoms in total. The number of thiophene rings is 1. The molecule has 0 atom stereocenters. The molecule has 1 aliphatic carbocycles. The fourth-order valence-corrected chi connectivity index (χ4v) is 4.35. The Bertz CT molecular complexity index is 623. The van der Waals surface area contributed by atoms with Crippen LogP contribution in [-0.4, -0.2) is 17.0 Å². The summed E-state index contributed by atoms with van der Waals surface area (Å²) in [6, 6.07) is 1.92. The summed E-state index contributed by atoms with van der Waals surface area (Å²) in [4.78, 5) is 10.4. The Labute approximate surface area is 135 Å². The average molecular weight is 373 g/mol. The van der Waals surface area contributed by atoms with Crippen molar-refractivity contribution in [2.75, 3.05) is 12.4 Å². The van der Waals surface area contributed by atoms with E-state index in [-0.39, 0.29) is 0 Å². The van der Waals surface area contributed by atoms with Gasteiger partial charge >= 0.3 is 0 Å². The Balaban J connectivity index is 2.09. The molecule has 2 aromatic rings. The van der Waals surface area contributed by atoms with Crippen molar-refractivity contribution in [2.24, 2.45) is 0 Å². The van der Waals surface area contributed by atoms with Gasteiger partial charge in [-0.25, -0.2) is 9.97 Å². The summed E-state index contributed by atoms with van der Waals surface area (Å²) in [5.74, 6) is 2.14. The van der Waals surface area contributed by atoms with Crippen molar-refractivity contribution in [1.29, 1.82) is 0 Å².